The third-order valence-electron chi connectivity index (χ3n) is 6.25. The van der Waals surface area contributed by atoms with Crippen molar-refractivity contribution in [3.8, 4) is 5.75 Å². The van der Waals surface area contributed by atoms with Crippen LogP contribution in [0.1, 0.15) is 82.6 Å². The predicted octanol–water partition coefficient (Wildman–Crippen LogP) is 5.52. The minimum atomic E-state index is 0.0131. The first-order valence-corrected chi connectivity index (χ1v) is 11.9. The van der Waals surface area contributed by atoms with Crippen LogP contribution in [0, 0.1) is 6.92 Å². The fourth-order valence-corrected chi connectivity index (χ4v) is 5.06. The molecule has 0 radical (unpaired) electrons. The van der Waals surface area contributed by atoms with Crippen LogP contribution in [0.3, 0.4) is 0 Å². The molecule has 0 aliphatic heterocycles. The van der Waals surface area contributed by atoms with Crippen LogP contribution in [0.4, 0.5) is 0 Å². The molecule has 0 unspecified atom stereocenters. The zero-order valence-corrected chi connectivity index (χ0v) is 18.6. The molecule has 2 aliphatic rings. The molecule has 0 spiro atoms. The van der Waals surface area contributed by atoms with E-state index in [2.05, 4.69) is 17.1 Å². The van der Waals surface area contributed by atoms with Gasteiger partial charge in [-0.05, 0) is 63.4 Å². The Labute approximate surface area is 181 Å². The summed E-state index contributed by atoms with van der Waals surface area (Å²) in [5.41, 5.74) is 1.21. The summed E-state index contributed by atoms with van der Waals surface area (Å²) >= 11 is 5.74. The second-order valence-corrected chi connectivity index (χ2v) is 9.00. The molecule has 1 amide bonds. The lowest BCUT2D eigenvalue weighted by molar-refractivity contribution is -0.120. The summed E-state index contributed by atoms with van der Waals surface area (Å²) < 4.78 is 5.73. The summed E-state index contributed by atoms with van der Waals surface area (Å²) in [4.78, 5) is 14.9. The summed E-state index contributed by atoms with van der Waals surface area (Å²) in [7, 11) is 0. The van der Waals surface area contributed by atoms with Gasteiger partial charge in [-0.15, -0.1) is 0 Å². The lowest BCUT2D eigenvalue weighted by atomic mass is 9.89. The van der Waals surface area contributed by atoms with Crippen LogP contribution < -0.4 is 10.1 Å². The molecular formula is C24H36N2O2S. The van der Waals surface area contributed by atoms with Crippen molar-refractivity contribution in [1.29, 1.82) is 0 Å². The van der Waals surface area contributed by atoms with E-state index in [-0.39, 0.29) is 5.91 Å². The number of ether oxygens (including phenoxy) is 1. The molecule has 160 valence electrons. The maximum absolute atomic E-state index is 12.5. The third kappa shape index (κ3) is 6.98. The first-order chi connectivity index (χ1) is 14.1. The SMILES string of the molecule is Cc1ccc(OCCCC(=O)NC(=S)N(C2CCCCC2)C2CCCCC2)cc1. The standard InChI is InChI=1S/C24H36N2O2S/c1-19-14-16-22(17-15-19)28-18-8-13-23(27)25-24(29)26(20-9-4-2-5-10-20)21-11-6-3-7-12-21/h14-17,20-21H,2-13,18H2,1H3,(H,25,27,29). The van der Waals surface area contributed by atoms with E-state index in [1.807, 2.05) is 24.3 Å². The van der Waals surface area contributed by atoms with Crippen molar-refractivity contribution in [1.82, 2.24) is 10.2 Å². The topological polar surface area (TPSA) is 41.6 Å². The Balaban J connectivity index is 1.46. The van der Waals surface area contributed by atoms with Crippen molar-refractivity contribution in [3.05, 3.63) is 29.8 Å². The van der Waals surface area contributed by atoms with Gasteiger partial charge in [0.25, 0.3) is 0 Å². The summed E-state index contributed by atoms with van der Waals surface area (Å²) in [6, 6.07) is 9.01. The van der Waals surface area contributed by atoms with Gasteiger partial charge < -0.3 is 15.0 Å². The molecule has 2 saturated carbocycles. The number of nitrogens with zero attached hydrogens (tertiary/aromatic N) is 1. The summed E-state index contributed by atoms with van der Waals surface area (Å²) in [5, 5.41) is 3.70. The van der Waals surface area contributed by atoms with Gasteiger partial charge in [-0.3, -0.25) is 4.79 Å². The number of hydrogen-bond acceptors (Lipinski definition) is 3. The average molecular weight is 417 g/mol. The fourth-order valence-electron chi connectivity index (χ4n) is 4.65. The van der Waals surface area contributed by atoms with E-state index in [1.54, 1.807) is 0 Å². The van der Waals surface area contributed by atoms with Gasteiger partial charge in [0.15, 0.2) is 5.11 Å². The van der Waals surface area contributed by atoms with Gasteiger partial charge in [-0.25, -0.2) is 0 Å². The maximum Gasteiger partial charge on any atom is 0.226 e. The van der Waals surface area contributed by atoms with Crippen molar-refractivity contribution >= 4 is 23.2 Å². The van der Waals surface area contributed by atoms with Crippen molar-refractivity contribution in [3.63, 3.8) is 0 Å². The number of rotatable bonds is 7. The lowest BCUT2D eigenvalue weighted by Crippen LogP contribution is -2.53. The van der Waals surface area contributed by atoms with Crippen molar-refractivity contribution in [2.45, 2.75) is 96.1 Å². The number of amides is 1. The fraction of sp³-hybridized carbons (Fsp3) is 0.667. The molecular weight excluding hydrogens is 380 g/mol. The maximum atomic E-state index is 12.5. The van der Waals surface area contributed by atoms with Gasteiger partial charge in [-0.1, -0.05) is 56.2 Å². The van der Waals surface area contributed by atoms with E-state index in [9.17, 15) is 4.79 Å². The van der Waals surface area contributed by atoms with E-state index in [1.165, 1.54) is 69.8 Å². The molecule has 0 aromatic heterocycles. The molecule has 4 nitrogen and oxygen atoms in total. The van der Waals surface area contributed by atoms with E-state index < -0.39 is 0 Å². The van der Waals surface area contributed by atoms with Crippen LogP contribution in [0.25, 0.3) is 0 Å². The Morgan fingerprint density at radius 2 is 1.55 bits per heavy atom. The Morgan fingerprint density at radius 1 is 1.00 bits per heavy atom. The van der Waals surface area contributed by atoms with Crippen LogP contribution in [0.5, 0.6) is 5.75 Å². The van der Waals surface area contributed by atoms with E-state index >= 15 is 0 Å². The summed E-state index contributed by atoms with van der Waals surface area (Å²) in [6.45, 7) is 2.60. The van der Waals surface area contributed by atoms with Gasteiger partial charge in [0.05, 0.1) is 6.61 Å². The number of aryl methyl sites for hydroxylation is 1. The highest BCUT2D eigenvalue weighted by Gasteiger charge is 2.31. The zero-order chi connectivity index (χ0) is 20.5. The van der Waals surface area contributed by atoms with Gasteiger partial charge in [-0.2, -0.15) is 0 Å². The van der Waals surface area contributed by atoms with Crippen LogP contribution in [-0.2, 0) is 4.79 Å². The normalized spacial score (nSPS) is 18.2. The molecule has 0 bridgehead atoms. The van der Waals surface area contributed by atoms with Crippen LogP contribution in [0.15, 0.2) is 24.3 Å². The number of hydrogen-bond donors (Lipinski definition) is 1. The Bertz CT molecular complexity index is 631. The van der Waals surface area contributed by atoms with Gasteiger partial charge >= 0.3 is 0 Å². The first-order valence-electron chi connectivity index (χ1n) is 11.4. The molecule has 1 aromatic carbocycles. The zero-order valence-electron chi connectivity index (χ0n) is 17.8. The molecule has 2 fully saturated rings. The number of thiocarbonyl (C=S) groups is 1. The smallest absolute Gasteiger partial charge is 0.226 e. The molecule has 29 heavy (non-hydrogen) atoms. The molecule has 1 aromatic rings. The quantitative estimate of drug-likeness (QED) is 0.469. The minimum absolute atomic E-state index is 0.0131. The molecule has 1 N–H and O–H groups in total. The highest BCUT2D eigenvalue weighted by molar-refractivity contribution is 7.80. The summed E-state index contributed by atoms with van der Waals surface area (Å²) in [5.74, 6) is 0.867. The number of nitrogens with one attached hydrogen (secondary N) is 1. The van der Waals surface area contributed by atoms with Crippen LogP contribution in [0.2, 0.25) is 0 Å². The Kier molecular flexibility index (Phi) is 8.78. The Hall–Kier alpha value is -1.62. The largest absolute Gasteiger partial charge is 0.494 e. The number of carbonyl (C=O) groups is 1. The monoisotopic (exact) mass is 416 g/mol. The van der Waals surface area contributed by atoms with E-state index in [4.69, 9.17) is 17.0 Å². The first kappa shape index (κ1) is 22.1. The van der Waals surface area contributed by atoms with E-state index in [0.29, 0.717) is 36.6 Å². The van der Waals surface area contributed by atoms with E-state index in [0.717, 1.165) is 5.75 Å². The second kappa shape index (κ2) is 11.5. The molecule has 0 atom stereocenters. The molecule has 3 rings (SSSR count). The van der Waals surface area contributed by atoms with Crippen molar-refractivity contribution < 1.29 is 9.53 Å². The van der Waals surface area contributed by atoms with Crippen LogP contribution >= 0.6 is 12.2 Å². The molecule has 5 heteroatoms. The number of carbonyl (C=O) groups excluding carboxylic acids is 1. The Morgan fingerprint density at radius 3 is 2.10 bits per heavy atom. The second-order valence-electron chi connectivity index (χ2n) is 8.61. The predicted molar refractivity (Wildman–Crippen MR) is 122 cm³/mol. The average Bonchev–Trinajstić information content (AvgIpc) is 2.74. The highest BCUT2D eigenvalue weighted by Crippen LogP contribution is 2.30. The molecule has 0 heterocycles. The van der Waals surface area contributed by atoms with Gasteiger partial charge in [0.1, 0.15) is 5.75 Å². The van der Waals surface area contributed by atoms with Gasteiger partial charge in [0.2, 0.25) is 5.91 Å². The summed E-state index contributed by atoms with van der Waals surface area (Å²) in [6.07, 6.45) is 13.7. The third-order valence-corrected chi connectivity index (χ3v) is 6.57. The number of benzene rings is 1. The van der Waals surface area contributed by atoms with Crippen molar-refractivity contribution in [2.75, 3.05) is 6.61 Å². The minimum Gasteiger partial charge on any atom is -0.494 e. The lowest BCUT2D eigenvalue weighted by Gasteiger charge is -2.43. The van der Waals surface area contributed by atoms with Crippen LogP contribution in [-0.4, -0.2) is 34.6 Å². The van der Waals surface area contributed by atoms with Crippen molar-refractivity contribution in [2.24, 2.45) is 0 Å². The molecule has 2 aliphatic carbocycles. The highest BCUT2D eigenvalue weighted by atomic mass is 32.1. The molecule has 0 saturated heterocycles. The van der Waals surface area contributed by atoms with Gasteiger partial charge in [0, 0.05) is 18.5 Å².